The first-order valence-electron chi connectivity index (χ1n) is 2.54. The molecule has 1 aliphatic rings. The molecule has 0 aliphatic carbocycles. The average Bonchev–Trinajstić information content (AvgIpc) is 2.14. The van der Waals surface area contributed by atoms with Crippen molar-refractivity contribution in [3.8, 4) is 0 Å². The SMILES string of the molecule is C=C[C]1CCCO1. The summed E-state index contributed by atoms with van der Waals surface area (Å²) in [6, 6.07) is 0. The van der Waals surface area contributed by atoms with E-state index in [9.17, 15) is 0 Å². The summed E-state index contributed by atoms with van der Waals surface area (Å²) in [5, 5.41) is 0. The minimum Gasteiger partial charge on any atom is -0.368 e. The van der Waals surface area contributed by atoms with Crippen molar-refractivity contribution >= 4 is 0 Å². The third-order valence-electron chi connectivity index (χ3n) is 1.08. The monoisotopic (exact) mass is 97.1 g/mol. The number of hydrogen-bond donors (Lipinski definition) is 0. The number of rotatable bonds is 1. The molecule has 0 N–H and O–H groups in total. The van der Waals surface area contributed by atoms with Crippen LogP contribution < -0.4 is 0 Å². The molecular formula is C6H9O. The fourth-order valence-electron chi connectivity index (χ4n) is 0.683. The maximum absolute atomic E-state index is 5.10. The van der Waals surface area contributed by atoms with Gasteiger partial charge in [-0.25, -0.2) is 0 Å². The maximum atomic E-state index is 5.10. The predicted octanol–water partition coefficient (Wildman–Crippen LogP) is 1.51. The van der Waals surface area contributed by atoms with Crippen LogP contribution in [0.4, 0.5) is 0 Å². The Kier molecular flexibility index (Phi) is 1.47. The van der Waals surface area contributed by atoms with E-state index in [0.717, 1.165) is 19.1 Å². The highest BCUT2D eigenvalue weighted by Crippen LogP contribution is 2.18. The van der Waals surface area contributed by atoms with Crippen LogP contribution >= 0.6 is 0 Å². The van der Waals surface area contributed by atoms with E-state index < -0.39 is 0 Å². The molecule has 0 atom stereocenters. The molecule has 0 bridgehead atoms. The normalized spacial score (nSPS) is 22.9. The standard InChI is InChI=1S/C6H9O/c1-2-6-4-3-5-7-6/h2H,1,3-5H2. The Balaban J connectivity index is 2.26. The Labute approximate surface area is 44.0 Å². The predicted molar refractivity (Wildman–Crippen MR) is 28.6 cm³/mol. The van der Waals surface area contributed by atoms with Gasteiger partial charge in [0.15, 0.2) is 0 Å². The summed E-state index contributed by atoms with van der Waals surface area (Å²) >= 11 is 0. The highest BCUT2D eigenvalue weighted by Gasteiger charge is 2.11. The van der Waals surface area contributed by atoms with E-state index in [1.807, 2.05) is 0 Å². The van der Waals surface area contributed by atoms with Crippen LogP contribution in [0.2, 0.25) is 0 Å². The lowest BCUT2D eigenvalue weighted by Gasteiger charge is -1.95. The van der Waals surface area contributed by atoms with E-state index in [4.69, 9.17) is 4.74 Å². The minimum atomic E-state index is 0.890. The summed E-state index contributed by atoms with van der Waals surface area (Å²) in [5.74, 6) is 0. The second kappa shape index (κ2) is 2.12. The van der Waals surface area contributed by atoms with Crippen LogP contribution in [0.5, 0.6) is 0 Å². The van der Waals surface area contributed by atoms with Crippen LogP contribution in [0.1, 0.15) is 12.8 Å². The molecule has 1 aliphatic heterocycles. The van der Waals surface area contributed by atoms with E-state index in [2.05, 4.69) is 6.58 Å². The molecule has 39 valence electrons. The summed E-state index contributed by atoms with van der Waals surface area (Å²) in [4.78, 5) is 0. The van der Waals surface area contributed by atoms with Gasteiger partial charge in [0.2, 0.25) is 0 Å². The molecule has 0 aromatic carbocycles. The van der Waals surface area contributed by atoms with E-state index in [0.29, 0.717) is 0 Å². The molecule has 0 saturated carbocycles. The third-order valence-corrected chi connectivity index (χ3v) is 1.08. The average molecular weight is 97.1 g/mol. The minimum absolute atomic E-state index is 0.890. The number of hydrogen-bond acceptors (Lipinski definition) is 1. The molecule has 1 nitrogen and oxygen atoms in total. The maximum Gasteiger partial charge on any atom is 0.118 e. The summed E-state index contributed by atoms with van der Waals surface area (Å²) in [7, 11) is 0. The Hall–Kier alpha value is -0.300. The first-order valence-corrected chi connectivity index (χ1v) is 2.54. The lowest BCUT2D eigenvalue weighted by atomic mass is 10.2. The Morgan fingerprint density at radius 2 is 2.57 bits per heavy atom. The van der Waals surface area contributed by atoms with Gasteiger partial charge in [-0.2, -0.15) is 0 Å². The Morgan fingerprint density at radius 3 is 2.86 bits per heavy atom. The zero-order valence-corrected chi connectivity index (χ0v) is 4.31. The lowest BCUT2D eigenvalue weighted by molar-refractivity contribution is 0.220. The van der Waals surface area contributed by atoms with Gasteiger partial charge in [0.05, 0.1) is 0 Å². The van der Waals surface area contributed by atoms with Gasteiger partial charge in [0.1, 0.15) is 6.10 Å². The third kappa shape index (κ3) is 1.03. The molecule has 0 unspecified atom stereocenters. The van der Waals surface area contributed by atoms with Gasteiger partial charge in [-0.05, 0) is 12.8 Å². The van der Waals surface area contributed by atoms with Crippen molar-refractivity contribution in [1.29, 1.82) is 0 Å². The van der Waals surface area contributed by atoms with Crippen molar-refractivity contribution in [2.24, 2.45) is 0 Å². The van der Waals surface area contributed by atoms with Gasteiger partial charge in [0, 0.05) is 6.61 Å². The van der Waals surface area contributed by atoms with Gasteiger partial charge in [-0.3, -0.25) is 0 Å². The Bertz CT molecular complexity index is 62.6. The van der Waals surface area contributed by atoms with Crippen LogP contribution in [0.3, 0.4) is 0 Å². The van der Waals surface area contributed by atoms with E-state index in [1.165, 1.54) is 6.42 Å². The van der Waals surface area contributed by atoms with Gasteiger partial charge in [-0.1, -0.05) is 6.08 Å². The van der Waals surface area contributed by atoms with Crippen molar-refractivity contribution in [2.45, 2.75) is 12.8 Å². The topological polar surface area (TPSA) is 9.23 Å². The van der Waals surface area contributed by atoms with Crippen LogP contribution in [0.25, 0.3) is 0 Å². The van der Waals surface area contributed by atoms with Crippen LogP contribution in [0, 0.1) is 6.10 Å². The van der Waals surface area contributed by atoms with Crippen molar-refractivity contribution < 1.29 is 4.74 Å². The highest BCUT2D eigenvalue weighted by molar-refractivity contribution is 4.99. The van der Waals surface area contributed by atoms with Gasteiger partial charge >= 0.3 is 0 Å². The van der Waals surface area contributed by atoms with Crippen LogP contribution in [-0.2, 0) is 4.74 Å². The summed E-state index contributed by atoms with van der Waals surface area (Å²) < 4.78 is 5.10. The van der Waals surface area contributed by atoms with Crippen LogP contribution in [0.15, 0.2) is 12.7 Å². The van der Waals surface area contributed by atoms with Crippen molar-refractivity contribution in [3.63, 3.8) is 0 Å². The van der Waals surface area contributed by atoms with E-state index in [1.54, 1.807) is 6.08 Å². The molecular weight excluding hydrogens is 88.1 g/mol. The second-order valence-electron chi connectivity index (χ2n) is 1.62. The fraction of sp³-hybridized carbons (Fsp3) is 0.500. The zero-order valence-electron chi connectivity index (χ0n) is 4.31. The van der Waals surface area contributed by atoms with Crippen LogP contribution in [-0.4, -0.2) is 6.61 Å². The molecule has 1 fully saturated rings. The Morgan fingerprint density at radius 1 is 1.71 bits per heavy atom. The van der Waals surface area contributed by atoms with Crippen molar-refractivity contribution in [2.75, 3.05) is 6.61 Å². The first-order chi connectivity index (χ1) is 3.43. The first kappa shape index (κ1) is 4.85. The second-order valence-corrected chi connectivity index (χ2v) is 1.62. The lowest BCUT2D eigenvalue weighted by Crippen LogP contribution is -1.85. The molecule has 1 heteroatoms. The molecule has 1 saturated heterocycles. The largest absolute Gasteiger partial charge is 0.368 e. The fourth-order valence-corrected chi connectivity index (χ4v) is 0.683. The van der Waals surface area contributed by atoms with Gasteiger partial charge < -0.3 is 4.74 Å². The highest BCUT2D eigenvalue weighted by atomic mass is 16.5. The number of ether oxygens (including phenoxy) is 1. The summed E-state index contributed by atoms with van der Waals surface area (Å²) in [6.45, 7) is 4.47. The van der Waals surface area contributed by atoms with Gasteiger partial charge in [-0.15, -0.1) is 6.58 Å². The summed E-state index contributed by atoms with van der Waals surface area (Å²) in [5.41, 5.74) is 0. The molecule has 1 heterocycles. The smallest absolute Gasteiger partial charge is 0.118 e. The molecule has 7 heavy (non-hydrogen) atoms. The molecule has 0 aromatic heterocycles. The molecule has 1 radical (unpaired) electrons. The van der Waals surface area contributed by atoms with Gasteiger partial charge in [0.25, 0.3) is 0 Å². The van der Waals surface area contributed by atoms with Crippen molar-refractivity contribution in [1.82, 2.24) is 0 Å². The quantitative estimate of drug-likeness (QED) is 0.482. The molecule has 1 rings (SSSR count). The van der Waals surface area contributed by atoms with E-state index in [-0.39, 0.29) is 0 Å². The summed E-state index contributed by atoms with van der Waals surface area (Å²) in [6.07, 6.45) is 5.10. The molecule has 0 amide bonds. The molecule has 0 spiro atoms. The van der Waals surface area contributed by atoms with E-state index >= 15 is 0 Å². The zero-order chi connectivity index (χ0) is 5.11. The van der Waals surface area contributed by atoms with Crippen molar-refractivity contribution in [3.05, 3.63) is 18.8 Å². The molecule has 0 aromatic rings.